The molecule has 0 spiro atoms. The van der Waals surface area contributed by atoms with Gasteiger partial charge in [-0.15, -0.1) is 11.3 Å². The maximum absolute atomic E-state index is 13.4. The van der Waals surface area contributed by atoms with E-state index in [2.05, 4.69) is 16.9 Å². The topological polar surface area (TPSA) is 107 Å². The molecule has 2 unspecified atom stereocenters. The van der Waals surface area contributed by atoms with Crippen molar-refractivity contribution in [3.05, 3.63) is 66.7 Å². The van der Waals surface area contributed by atoms with Gasteiger partial charge in [0.1, 0.15) is 17.7 Å². The van der Waals surface area contributed by atoms with E-state index >= 15 is 0 Å². The molecular weight excluding hydrogens is 534 g/mol. The van der Waals surface area contributed by atoms with Crippen molar-refractivity contribution in [1.82, 2.24) is 15.2 Å². The van der Waals surface area contributed by atoms with Crippen molar-refractivity contribution in [2.24, 2.45) is 0 Å². The predicted octanol–water partition coefficient (Wildman–Crippen LogP) is 3.86. The zero-order chi connectivity index (χ0) is 26.4. The summed E-state index contributed by atoms with van der Waals surface area (Å²) in [6, 6.07) is 16.7. The Morgan fingerprint density at radius 3 is 2.62 bits per heavy atom. The molecule has 194 valence electrons. The standard InChI is InChI=1S/C25H25N3O6S3/c1-16(2)25(27-20(29)14-33-17-9-5-4-6-10-17)22(31)28(13-21(30)34-15-32-3)23(25)36-37-24-26-18-11-7-8-12-19(18)35-24/h4-12,23H,1,13-15H2,2-3H3,(H,27,29). The average Bonchev–Trinajstić information content (AvgIpc) is 3.32. The number of rotatable bonds is 12. The summed E-state index contributed by atoms with van der Waals surface area (Å²) in [4.78, 5) is 44.6. The molecule has 1 fully saturated rings. The quantitative estimate of drug-likeness (QED) is 0.116. The summed E-state index contributed by atoms with van der Waals surface area (Å²) >= 11 is 1.52. The van der Waals surface area contributed by atoms with Crippen LogP contribution in [-0.2, 0) is 23.9 Å². The van der Waals surface area contributed by atoms with Crippen LogP contribution < -0.4 is 10.1 Å². The van der Waals surface area contributed by atoms with Crippen LogP contribution in [0.2, 0.25) is 0 Å². The van der Waals surface area contributed by atoms with Crippen LogP contribution in [0.1, 0.15) is 6.92 Å². The van der Waals surface area contributed by atoms with E-state index in [9.17, 15) is 14.4 Å². The summed E-state index contributed by atoms with van der Waals surface area (Å²) in [5, 5.41) is 2.18. The molecule has 2 atom stereocenters. The zero-order valence-corrected chi connectivity index (χ0v) is 22.6. The van der Waals surface area contributed by atoms with Crippen molar-refractivity contribution >= 4 is 60.9 Å². The molecule has 1 aliphatic rings. The molecule has 0 bridgehead atoms. The van der Waals surface area contributed by atoms with Gasteiger partial charge >= 0.3 is 5.97 Å². The number of carbonyl (C=O) groups excluding carboxylic acids is 3. The number of methoxy groups -OCH3 is 1. The molecule has 3 aromatic rings. The number of aromatic nitrogens is 1. The normalized spacial score (nSPS) is 18.8. The minimum Gasteiger partial charge on any atom is -0.484 e. The van der Waals surface area contributed by atoms with Gasteiger partial charge in [-0.1, -0.05) is 47.7 Å². The number of β-lactam (4-membered cyclic amide) rings is 1. The first-order valence-electron chi connectivity index (χ1n) is 11.1. The molecule has 37 heavy (non-hydrogen) atoms. The van der Waals surface area contributed by atoms with E-state index in [0.717, 1.165) is 14.6 Å². The number of esters is 1. The number of benzene rings is 2. The number of nitrogens with one attached hydrogen (secondary N) is 1. The van der Waals surface area contributed by atoms with E-state index in [1.54, 1.807) is 31.2 Å². The number of amides is 2. The monoisotopic (exact) mass is 559 g/mol. The highest BCUT2D eigenvalue weighted by atomic mass is 33.1. The number of hydrogen-bond acceptors (Lipinski definition) is 10. The third kappa shape index (κ3) is 5.93. The van der Waals surface area contributed by atoms with Crippen LogP contribution in [0.25, 0.3) is 10.2 Å². The third-order valence-corrected chi connectivity index (χ3v) is 9.57. The lowest BCUT2D eigenvalue weighted by Gasteiger charge is -2.55. The van der Waals surface area contributed by atoms with Gasteiger partial charge in [-0.2, -0.15) is 0 Å². The largest absolute Gasteiger partial charge is 0.484 e. The number of ether oxygens (including phenoxy) is 3. The Morgan fingerprint density at radius 2 is 1.92 bits per heavy atom. The predicted molar refractivity (Wildman–Crippen MR) is 144 cm³/mol. The fourth-order valence-corrected chi connectivity index (χ4v) is 7.93. The number of para-hydroxylation sites is 2. The van der Waals surface area contributed by atoms with Gasteiger partial charge in [-0.25, -0.2) is 4.98 Å². The number of hydrogen-bond donors (Lipinski definition) is 1. The lowest BCUT2D eigenvalue weighted by molar-refractivity contribution is -0.167. The molecule has 1 aliphatic heterocycles. The molecule has 1 aromatic heterocycles. The van der Waals surface area contributed by atoms with Gasteiger partial charge in [0.05, 0.1) is 10.2 Å². The Kier molecular flexibility index (Phi) is 8.75. The van der Waals surface area contributed by atoms with E-state index in [1.165, 1.54) is 44.9 Å². The van der Waals surface area contributed by atoms with Crippen molar-refractivity contribution < 1.29 is 28.6 Å². The van der Waals surface area contributed by atoms with Crippen molar-refractivity contribution in [2.45, 2.75) is 22.2 Å². The van der Waals surface area contributed by atoms with E-state index < -0.39 is 28.7 Å². The highest BCUT2D eigenvalue weighted by Gasteiger charge is 2.63. The van der Waals surface area contributed by atoms with Gasteiger partial charge in [-0.05, 0) is 47.6 Å². The molecule has 0 aliphatic carbocycles. The summed E-state index contributed by atoms with van der Waals surface area (Å²) in [6.45, 7) is 4.86. The zero-order valence-electron chi connectivity index (χ0n) is 20.2. The van der Waals surface area contributed by atoms with Gasteiger partial charge in [0.15, 0.2) is 23.3 Å². The summed E-state index contributed by atoms with van der Waals surface area (Å²) < 4.78 is 17.1. The smallest absolute Gasteiger partial charge is 0.327 e. The second-order valence-electron chi connectivity index (χ2n) is 8.07. The lowest BCUT2D eigenvalue weighted by atomic mass is 9.81. The van der Waals surface area contributed by atoms with Crippen molar-refractivity contribution in [3.63, 3.8) is 0 Å². The van der Waals surface area contributed by atoms with Crippen LogP contribution in [-0.4, -0.2) is 65.6 Å². The molecular formula is C25H25N3O6S3. The van der Waals surface area contributed by atoms with Crippen LogP contribution >= 0.6 is 32.9 Å². The molecule has 12 heteroatoms. The van der Waals surface area contributed by atoms with E-state index in [-0.39, 0.29) is 19.9 Å². The molecule has 4 rings (SSSR count). The molecule has 1 saturated heterocycles. The molecule has 2 heterocycles. The van der Waals surface area contributed by atoms with Crippen LogP contribution in [0.4, 0.5) is 0 Å². The average molecular weight is 560 g/mol. The molecule has 0 saturated carbocycles. The van der Waals surface area contributed by atoms with E-state index in [4.69, 9.17) is 14.2 Å². The number of thiazole rings is 1. The Morgan fingerprint density at radius 1 is 1.19 bits per heavy atom. The Labute approximate surface area is 225 Å². The highest BCUT2D eigenvalue weighted by Crippen LogP contribution is 2.50. The number of carbonyl (C=O) groups is 3. The fraction of sp³-hybridized carbons (Fsp3) is 0.280. The number of likely N-dealkylation sites (tertiary alicyclic amines) is 1. The second kappa shape index (κ2) is 12.0. The van der Waals surface area contributed by atoms with Crippen molar-refractivity contribution in [3.8, 4) is 5.75 Å². The van der Waals surface area contributed by atoms with Gasteiger partial charge < -0.3 is 24.4 Å². The van der Waals surface area contributed by atoms with Gasteiger partial charge in [-0.3, -0.25) is 14.4 Å². The first-order chi connectivity index (χ1) is 17.8. The first-order valence-corrected chi connectivity index (χ1v) is 14.2. The maximum Gasteiger partial charge on any atom is 0.327 e. The van der Waals surface area contributed by atoms with Gasteiger partial charge in [0.25, 0.3) is 11.8 Å². The second-order valence-corrected chi connectivity index (χ2v) is 11.6. The van der Waals surface area contributed by atoms with Crippen LogP contribution in [0.5, 0.6) is 5.75 Å². The van der Waals surface area contributed by atoms with Crippen molar-refractivity contribution in [2.75, 3.05) is 27.1 Å². The van der Waals surface area contributed by atoms with Crippen LogP contribution in [0, 0.1) is 0 Å². The first kappa shape index (κ1) is 27.0. The summed E-state index contributed by atoms with van der Waals surface area (Å²) in [6.07, 6.45) is 0. The molecule has 0 radical (unpaired) electrons. The van der Waals surface area contributed by atoms with Gasteiger partial charge in [0.2, 0.25) is 0 Å². The van der Waals surface area contributed by atoms with Crippen LogP contribution in [0.3, 0.4) is 0 Å². The highest BCUT2D eigenvalue weighted by molar-refractivity contribution is 8.77. The minimum absolute atomic E-state index is 0.224. The Bertz CT molecular complexity index is 1270. The molecule has 9 nitrogen and oxygen atoms in total. The summed E-state index contributed by atoms with van der Waals surface area (Å²) in [5.74, 6) is -1.04. The third-order valence-electron chi connectivity index (χ3n) is 5.50. The lowest BCUT2D eigenvalue weighted by Crippen LogP contribution is -2.80. The fourth-order valence-electron chi connectivity index (χ4n) is 3.70. The van der Waals surface area contributed by atoms with E-state index in [1.807, 2.05) is 30.3 Å². The summed E-state index contributed by atoms with van der Waals surface area (Å²) in [5.41, 5.74) is -0.111. The van der Waals surface area contributed by atoms with E-state index in [0.29, 0.717) is 11.3 Å². The summed E-state index contributed by atoms with van der Waals surface area (Å²) in [7, 11) is 4.08. The number of fused-ring (bicyclic) bond motifs is 1. The Hall–Kier alpha value is -3.06. The molecule has 2 amide bonds. The van der Waals surface area contributed by atoms with Gasteiger partial charge in [0, 0.05) is 7.11 Å². The molecule has 2 aromatic carbocycles. The number of nitrogens with zero attached hydrogens (tertiary/aromatic N) is 2. The minimum atomic E-state index is -1.42. The van der Waals surface area contributed by atoms with Crippen LogP contribution in [0.15, 0.2) is 71.1 Å². The molecule has 1 N–H and O–H groups in total. The maximum atomic E-state index is 13.4. The van der Waals surface area contributed by atoms with Crippen molar-refractivity contribution in [1.29, 1.82) is 0 Å². The SMILES string of the molecule is C=C(C)C1(NC(=O)COc2ccccc2)C(=O)N(CC(=O)OCOC)C1SSc1nc2ccccc2s1. The Balaban J connectivity index is 1.52.